The van der Waals surface area contributed by atoms with Crippen molar-refractivity contribution >= 4 is 11.8 Å². The van der Waals surface area contributed by atoms with Gasteiger partial charge in [0, 0.05) is 24.9 Å². The summed E-state index contributed by atoms with van der Waals surface area (Å²) < 4.78 is 0. The molecule has 0 aliphatic rings. The van der Waals surface area contributed by atoms with Crippen molar-refractivity contribution in [2.75, 3.05) is 25.2 Å². The second kappa shape index (κ2) is 7.38. The SMILES string of the molecule is CSCCNC(C)CCO. The van der Waals surface area contributed by atoms with Gasteiger partial charge in [0.05, 0.1) is 0 Å². The number of hydrogen-bond acceptors (Lipinski definition) is 3. The van der Waals surface area contributed by atoms with Crippen molar-refractivity contribution < 1.29 is 5.11 Å². The first-order valence-electron chi connectivity index (χ1n) is 3.64. The fourth-order valence-electron chi connectivity index (χ4n) is 0.703. The summed E-state index contributed by atoms with van der Waals surface area (Å²) in [6.07, 6.45) is 2.95. The zero-order valence-corrected chi connectivity index (χ0v) is 7.58. The number of hydrogen-bond donors (Lipinski definition) is 2. The Morgan fingerprint density at radius 3 is 2.80 bits per heavy atom. The molecule has 0 aromatic heterocycles. The van der Waals surface area contributed by atoms with Crippen LogP contribution in [0.5, 0.6) is 0 Å². The number of nitrogens with one attached hydrogen (secondary N) is 1. The van der Waals surface area contributed by atoms with Gasteiger partial charge in [-0.3, -0.25) is 0 Å². The third-order valence-corrected chi connectivity index (χ3v) is 1.97. The molecule has 0 saturated carbocycles. The third-order valence-electron chi connectivity index (χ3n) is 1.36. The zero-order chi connectivity index (χ0) is 7.82. The van der Waals surface area contributed by atoms with E-state index < -0.39 is 0 Å². The number of aliphatic hydroxyl groups excluding tert-OH is 1. The predicted octanol–water partition coefficient (Wildman–Crippen LogP) is 0.710. The lowest BCUT2D eigenvalue weighted by atomic mass is 10.2. The van der Waals surface area contributed by atoms with E-state index in [4.69, 9.17) is 5.11 Å². The zero-order valence-electron chi connectivity index (χ0n) is 6.76. The van der Waals surface area contributed by atoms with Gasteiger partial charge < -0.3 is 10.4 Å². The van der Waals surface area contributed by atoms with Crippen LogP contribution in [0.25, 0.3) is 0 Å². The van der Waals surface area contributed by atoms with Crippen LogP contribution in [0.2, 0.25) is 0 Å². The maximum absolute atomic E-state index is 8.55. The molecule has 0 rings (SSSR count). The predicted molar refractivity (Wildman–Crippen MR) is 47.5 cm³/mol. The maximum Gasteiger partial charge on any atom is 0.0445 e. The summed E-state index contributed by atoms with van der Waals surface area (Å²) in [4.78, 5) is 0. The maximum atomic E-state index is 8.55. The molecule has 1 atom stereocenters. The first kappa shape index (κ1) is 10.3. The molecular weight excluding hydrogens is 146 g/mol. The van der Waals surface area contributed by atoms with Crippen molar-refractivity contribution in [3.8, 4) is 0 Å². The molecule has 0 aromatic carbocycles. The van der Waals surface area contributed by atoms with E-state index in [1.165, 1.54) is 0 Å². The standard InChI is InChI=1S/C7H17NOS/c1-7(3-5-9)8-4-6-10-2/h7-9H,3-6H2,1-2H3. The van der Waals surface area contributed by atoms with E-state index in [0.29, 0.717) is 6.04 Å². The summed E-state index contributed by atoms with van der Waals surface area (Å²) in [6, 6.07) is 0.456. The van der Waals surface area contributed by atoms with E-state index in [0.717, 1.165) is 18.7 Å². The third kappa shape index (κ3) is 6.39. The van der Waals surface area contributed by atoms with Gasteiger partial charge in [-0.05, 0) is 19.6 Å². The Balaban J connectivity index is 2.97. The van der Waals surface area contributed by atoms with Crippen LogP contribution in [0, 0.1) is 0 Å². The van der Waals surface area contributed by atoms with Crippen LogP contribution < -0.4 is 5.32 Å². The number of aliphatic hydroxyl groups is 1. The molecule has 0 aromatic rings. The lowest BCUT2D eigenvalue weighted by Gasteiger charge is -2.10. The highest BCUT2D eigenvalue weighted by atomic mass is 32.2. The largest absolute Gasteiger partial charge is 0.396 e. The van der Waals surface area contributed by atoms with Crippen molar-refractivity contribution in [1.29, 1.82) is 0 Å². The summed E-state index contributed by atoms with van der Waals surface area (Å²) in [5, 5.41) is 11.9. The van der Waals surface area contributed by atoms with Crippen molar-refractivity contribution in [3.05, 3.63) is 0 Å². The summed E-state index contributed by atoms with van der Waals surface area (Å²) in [6.45, 7) is 3.42. The molecule has 0 heterocycles. The molecule has 2 nitrogen and oxygen atoms in total. The summed E-state index contributed by atoms with van der Waals surface area (Å²) >= 11 is 1.84. The van der Waals surface area contributed by atoms with Gasteiger partial charge in [-0.25, -0.2) is 0 Å². The van der Waals surface area contributed by atoms with Crippen LogP contribution in [-0.4, -0.2) is 36.3 Å². The molecule has 0 spiro atoms. The Morgan fingerprint density at radius 2 is 2.30 bits per heavy atom. The van der Waals surface area contributed by atoms with E-state index in [-0.39, 0.29) is 6.61 Å². The summed E-state index contributed by atoms with van der Waals surface area (Å²) in [5.41, 5.74) is 0. The Morgan fingerprint density at radius 1 is 1.60 bits per heavy atom. The van der Waals surface area contributed by atoms with E-state index in [2.05, 4.69) is 18.5 Å². The molecule has 62 valence electrons. The first-order valence-corrected chi connectivity index (χ1v) is 5.03. The molecule has 1 unspecified atom stereocenters. The Kier molecular flexibility index (Phi) is 7.58. The van der Waals surface area contributed by atoms with E-state index in [1.807, 2.05) is 11.8 Å². The smallest absolute Gasteiger partial charge is 0.0445 e. The van der Waals surface area contributed by atoms with Crippen LogP contribution >= 0.6 is 11.8 Å². The topological polar surface area (TPSA) is 32.3 Å². The highest BCUT2D eigenvalue weighted by Crippen LogP contribution is 1.91. The molecule has 0 aliphatic heterocycles. The first-order chi connectivity index (χ1) is 4.81. The molecule has 0 amide bonds. The van der Waals surface area contributed by atoms with Gasteiger partial charge >= 0.3 is 0 Å². The molecule has 0 saturated heterocycles. The lowest BCUT2D eigenvalue weighted by molar-refractivity contribution is 0.270. The van der Waals surface area contributed by atoms with Crippen LogP contribution in [0.4, 0.5) is 0 Å². The van der Waals surface area contributed by atoms with Gasteiger partial charge in [0.1, 0.15) is 0 Å². The lowest BCUT2D eigenvalue weighted by Crippen LogP contribution is -2.28. The molecule has 0 fully saturated rings. The van der Waals surface area contributed by atoms with E-state index in [1.54, 1.807) is 0 Å². The van der Waals surface area contributed by atoms with Gasteiger partial charge in [-0.15, -0.1) is 0 Å². The van der Waals surface area contributed by atoms with E-state index in [9.17, 15) is 0 Å². The average molecular weight is 163 g/mol. The Bertz CT molecular complexity index is 70.6. The fourth-order valence-corrected chi connectivity index (χ4v) is 1.03. The van der Waals surface area contributed by atoms with Gasteiger partial charge in [-0.1, -0.05) is 0 Å². The van der Waals surface area contributed by atoms with Crippen molar-refractivity contribution in [3.63, 3.8) is 0 Å². The highest BCUT2D eigenvalue weighted by molar-refractivity contribution is 7.98. The van der Waals surface area contributed by atoms with Crippen molar-refractivity contribution in [1.82, 2.24) is 5.32 Å². The fraction of sp³-hybridized carbons (Fsp3) is 1.00. The quantitative estimate of drug-likeness (QED) is 0.566. The van der Waals surface area contributed by atoms with Gasteiger partial charge in [0.15, 0.2) is 0 Å². The number of rotatable bonds is 6. The average Bonchev–Trinajstić information content (AvgIpc) is 1.89. The minimum Gasteiger partial charge on any atom is -0.396 e. The summed E-state index contributed by atoms with van der Waals surface area (Å²) in [7, 11) is 0. The molecule has 0 radical (unpaired) electrons. The minimum absolute atomic E-state index is 0.285. The summed E-state index contributed by atoms with van der Waals surface area (Å²) in [5.74, 6) is 1.15. The Hall–Kier alpha value is 0.270. The molecule has 10 heavy (non-hydrogen) atoms. The number of thioether (sulfide) groups is 1. The van der Waals surface area contributed by atoms with Gasteiger partial charge in [0.25, 0.3) is 0 Å². The van der Waals surface area contributed by atoms with Crippen molar-refractivity contribution in [2.45, 2.75) is 19.4 Å². The highest BCUT2D eigenvalue weighted by Gasteiger charge is 1.97. The Labute approximate surface area is 67.4 Å². The van der Waals surface area contributed by atoms with Crippen molar-refractivity contribution in [2.24, 2.45) is 0 Å². The molecular formula is C7H17NOS. The molecule has 0 aliphatic carbocycles. The molecule has 0 bridgehead atoms. The molecule has 2 N–H and O–H groups in total. The monoisotopic (exact) mass is 163 g/mol. The normalized spacial score (nSPS) is 13.5. The van der Waals surface area contributed by atoms with Gasteiger partial charge in [-0.2, -0.15) is 11.8 Å². The van der Waals surface area contributed by atoms with Crippen LogP contribution in [0.3, 0.4) is 0 Å². The second-order valence-corrected chi connectivity index (χ2v) is 3.35. The van der Waals surface area contributed by atoms with Crippen LogP contribution in [-0.2, 0) is 0 Å². The van der Waals surface area contributed by atoms with E-state index >= 15 is 0 Å². The van der Waals surface area contributed by atoms with Gasteiger partial charge in [0.2, 0.25) is 0 Å². The second-order valence-electron chi connectivity index (χ2n) is 2.36. The molecule has 3 heteroatoms. The van der Waals surface area contributed by atoms with Crippen LogP contribution in [0.1, 0.15) is 13.3 Å². The minimum atomic E-state index is 0.285. The van der Waals surface area contributed by atoms with Crippen LogP contribution in [0.15, 0.2) is 0 Å².